The molecule has 1 heterocycles. The van der Waals surface area contributed by atoms with Gasteiger partial charge in [-0.15, -0.1) is 0 Å². The Labute approximate surface area is 216 Å². The Bertz CT molecular complexity index is 973. The number of unbranched alkanes of at least 4 members (excludes halogenated alkanes) is 8. The van der Waals surface area contributed by atoms with Crippen LogP contribution >= 0.6 is 0 Å². The molecule has 36 heavy (non-hydrogen) atoms. The highest BCUT2D eigenvalue weighted by molar-refractivity contribution is 7.80. The summed E-state index contributed by atoms with van der Waals surface area (Å²) >= 11 is 0. The topological polar surface area (TPSA) is 102 Å². The van der Waals surface area contributed by atoms with E-state index in [9.17, 15) is 17.8 Å². The minimum Gasteiger partial charge on any atom is -0.726 e. The lowest BCUT2D eigenvalue weighted by atomic mass is 10.1. The van der Waals surface area contributed by atoms with Gasteiger partial charge in [0.05, 0.1) is 31.9 Å². The molecular formula is C27H42N2O6S. The first-order valence-electron chi connectivity index (χ1n) is 12.9. The van der Waals surface area contributed by atoms with Crippen LogP contribution in [-0.2, 0) is 37.2 Å². The Hall–Kier alpha value is -2.49. The fraction of sp³-hybridized carbons (Fsp3) is 0.556. The summed E-state index contributed by atoms with van der Waals surface area (Å²) in [6.45, 7) is 9.53. The maximum Gasteiger partial charge on any atom is 0.330 e. The lowest BCUT2D eigenvalue weighted by molar-refractivity contribution is -0.686. The Morgan fingerprint density at radius 3 is 2.08 bits per heavy atom. The normalized spacial score (nSPS) is 11.0. The van der Waals surface area contributed by atoms with E-state index >= 15 is 0 Å². The average molecular weight is 523 g/mol. The van der Waals surface area contributed by atoms with Gasteiger partial charge in [0, 0.05) is 6.08 Å². The summed E-state index contributed by atoms with van der Waals surface area (Å²) in [4.78, 5) is 10.9. The lowest BCUT2D eigenvalue weighted by Gasteiger charge is -2.05. The number of hydrogen-bond acceptors (Lipinski definition) is 6. The van der Waals surface area contributed by atoms with Crippen LogP contribution in [0.25, 0.3) is 11.4 Å². The van der Waals surface area contributed by atoms with E-state index in [0.717, 1.165) is 25.9 Å². The highest BCUT2D eigenvalue weighted by Gasteiger charge is 2.17. The van der Waals surface area contributed by atoms with Crippen molar-refractivity contribution >= 4 is 16.4 Å². The van der Waals surface area contributed by atoms with Gasteiger partial charge in [-0.05, 0) is 45.2 Å². The number of benzene rings is 1. The van der Waals surface area contributed by atoms with Crippen molar-refractivity contribution in [2.45, 2.75) is 84.7 Å². The van der Waals surface area contributed by atoms with Crippen molar-refractivity contribution < 1.29 is 31.3 Å². The first kappa shape index (κ1) is 31.5. The molecule has 8 nitrogen and oxygen atoms in total. The number of esters is 1. The molecule has 1 aromatic heterocycles. The summed E-state index contributed by atoms with van der Waals surface area (Å²) in [6, 6.07) is 10.7. The van der Waals surface area contributed by atoms with Crippen LogP contribution in [0.4, 0.5) is 0 Å². The molecule has 2 rings (SSSR count). The van der Waals surface area contributed by atoms with E-state index in [-0.39, 0.29) is 12.6 Å². The molecule has 0 radical (unpaired) electrons. The van der Waals surface area contributed by atoms with E-state index in [2.05, 4.69) is 69.5 Å². The van der Waals surface area contributed by atoms with Gasteiger partial charge in [-0.25, -0.2) is 22.3 Å². The Morgan fingerprint density at radius 2 is 1.58 bits per heavy atom. The summed E-state index contributed by atoms with van der Waals surface area (Å²) in [5.41, 5.74) is 1.29. The quantitative estimate of drug-likeness (QED) is 0.0708. The maximum absolute atomic E-state index is 10.9. The summed E-state index contributed by atoms with van der Waals surface area (Å²) < 4.78 is 41.7. The van der Waals surface area contributed by atoms with E-state index in [4.69, 9.17) is 4.74 Å². The van der Waals surface area contributed by atoms with Crippen LogP contribution in [-0.4, -0.2) is 36.7 Å². The smallest absolute Gasteiger partial charge is 0.330 e. The third kappa shape index (κ3) is 14.2. The SMILES string of the molecule is C=CC(=O)OCCCCCCCCCCC[n+]1ccn(CC)c1-c1ccccc1.CCOS(=O)(=O)[O-]. The number of nitrogens with zero attached hydrogens (tertiary/aromatic N) is 2. The molecule has 0 fully saturated rings. The largest absolute Gasteiger partial charge is 0.726 e. The van der Waals surface area contributed by atoms with Crippen LogP contribution in [0, 0.1) is 0 Å². The summed E-state index contributed by atoms with van der Waals surface area (Å²) in [6.07, 6.45) is 16.7. The standard InChI is InChI=1S/C25H37N2O2.C2H6O4S/c1-3-24(28)29-22-16-11-9-7-5-6-8-10-15-19-27-21-20-26(4-2)25(27)23-17-13-12-14-18-23;1-2-6-7(3,4)5/h3,12-14,17-18,20-21H,1,4-11,15-16,19,22H2,2H3;2H2,1H3,(H,3,4,5)/q+1;/p-1. The number of aryl methyl sites for hydroxylation is 2. The molecule has 0 atom stereocenters. The highest BCUT2D eigenvalue weighted by atomic mass is 32.3. The lowest BCUT2D eigenvalue weighted by Crippen LogP contribution is -2.34. The van der Waals surface area contributed by atoms with Crippen LogP contribution in [0.15, 0.2) is 55.4 Å². The molecule has 2 aromatic rings. The molecule has 1 aromatic carbocycles. The maximum atomic E-state index is 10.9. The number of ether oxygens (including phenoxy) is 1. The second-order valence-corrected chi connectivity index (χ2v) is 9.39. The van der Waals surface area contributed by atoms with Gasteiger partial charge in [0.15, 0.2) is 0 Å². The molecule has 0 spiro atoms. The molecule has 0 unspecified atom stereocenters. The molecule has 0 saturated carbocycles. The molecule has 0 aliphatic carbocycles. The monoisotopic (exact) mass is 522 g/mol. The molecule has 0 saturated heterocycles. The number of hydrogen-bond donors (Lipinski definition) is 0. The van der Waals surface area contributed by atoms with Crippen molar-refractivity contribution in [1.29, 1.82) is 0 Å². The second kappa shape index (κ2) is 18.7. The fourth-order valence-corrected chi connectivity index (χ4v) is 4.11. The van der Waals surface area contributed by atoms with Crippen molar-refractivity contribution in [2.24, 2.45) is 0 Å². The molecule has 0 aliphatic rings. The number of imidazole rings is 1. The zero-order valence-corrected chi connectivity index (χ0v) is 22.6. The van der Waals surface area contributed by atoms with Gasteiger partial charge in [-0.3, -0.25) is 4.18 Å². The molecular weight excluding hydrogens is 480 g/mol. The molecule has 202 valence electrons. The van der Waals surface area contributed by atoms with Gasteiger partial charge >= 0.3 is 5.97 Å². The number of rotatable bonds is 17. The molecule has 0 N–H and O–H groups in total. The van der Waals surface area contributed by atoms with Gasteiger partial charge in [0.25, 0.3) is 5.82 Å². The van der Waals surface area contributed by atoms with E-state index in [1.54, 1.807) is 0 Å². The van der Waals surface area contributed by atoms with Crippen molar-refractivity contribution in [3.8, 4) is 11.4 Å². The van der Waals surface area contributed by atoms with Crippen LogP contribution in [0.1, 0.15) is 71.6 Å². The minimum atomic E-state index is -4.42. The van der Waals surface area contributed by atoms with E-state index in [1.165, 1.54) is 69.3 Å². The highest BCUT2D eigenvalue weighted by Crippen LogP contribution is 2.16. The first-order chi connectivity index (χ1) is 17.3. The van der Waals surface area contributed by atoms with Crippen LogP contribution in [0.3, 0.4) is 0 Å². The van der Waals surface area contributed by atoms with Crippen LogP contribution in [0.5, 0.6) is 0 Å². The zero-order valence-electron chi connectivity index (χ0n) is 21.8. The van der Waals surface area contributed by atoms with E-state index < -0.39 is 10.4 Å². The first-order valence-corrected chi connectivity index (χ1v) is 14.2. The fourth-order valence-electron chi connectivity index (χ4n) is 3.82. The molecule has 0 bridgehead atoms. The number of carbonyl (C=O) groups excluding carboxylic acids is 1. The molecule has 0 aliphatic heterocycles. The van der Waals surface area contributed by atoms with Crippen molar-refractivity contribution in [2.75, 3.05) is 13.2 Å². The van der Waals surface area contributed by atoms with Crippen molar-refractivity contribution in [3.05, 3.63) is 55.4 Å². The van der Waals surface area contributed by atoms with Gasteiger partial charge in [-0.1, -0.05) is 63.3 Å². The third-order valence-electron chi connectivity index (χ3n) is 5.56. The van der Waals surface area contributed by atoms with Crippen molar-refractivity contribution in [3.63, 3.8) is 0 Å². The van der Waals surface area contributed by atoms with Gasteiger partial charge in [0.2, 0.25) is 10.4 Å². The summed E-state index contributed by atoms with van der Waals surface area (Å²) in [5, 5.41) is 0. The predicted octanol–water partition coefficient (Wildman–Crippen LogP) is 5.19. The van der Waals surface area contributed by atoms with Gasteiger partial charge in [-0.2, -0.15) is 0 Å². The van der Waals surface area contributed by atoms with Gasteiger partial charge < -0.3 is 9.29 Å². The van der Waals surface area contributed by atoms with E-state index in [0.29, 0.717) is 6.61 Å². The van der Waals surface area contributed by atoms with E-state index in [1.807, 2.05) is 0 Å². The van der Waals surface area contributed by atoms with Crippen molar-refractivity contribution in [1.82, 2.24) is 4.57 Å². The predicted molar refractivity (Wildman–Crippen MR) is 140 cm³/mol. The number of carbonyl (C=O) groups is 1. The zero-order chi connectivity index (χ0) is 26.7. The summed E-state index contributed by atoms with van der Waals surface area (Å²) in [7, 11) is -4.42. The van der Waals surface area contributed by atoms with Gasteiger partial charge in [0.1, 0.15) is 12.4 Å². The molecule has 0 amide bonds. The molecule has 9 heteroatoms. The second-order valence-electron chi connectivity index (χ2n) is 8.34. The Kier molecular flexibility index (Phi) is 16.4. The minimum absolute atomic E-state index is 0.0914. The number of aromatic nitrogens is 2. The Morgan fingerprint density at radius 1 is 1.00 bits per heavy atom. The van der Waals surface area contributed by atoms with Crippen LogP contribution in [0.2, 0.25) is 0 Å². The summed E-state index contributed by atoms with van der Waals surface area (Å²) in [5.74, 6) is 0.997. The Balaban J connectivity index is 0.000000809. The van der Waals surface area contributed by atoms with Crippen LogP contribution < -0.4 is 4.57 Å². The third-order valence-corrected chi connectivity index (χ3v) is 6.08. The average Bonchev–Trinajstić information content (AvgIpc) is 3.27.